The van der Waals surface area contributed by atoms with E-state index >= 15 is 0 Å². The molecule has 2 N–H and O–H groups in total. The van der Waals surface area contributed by atoms with E-state index in [1.165, 1.54) is 0 Å². The second kappa shape index (κ2) is 8.22. The highest BCUT2D eigenvalue weighted by Gasteiger charge is 2.42. The zero-order valence-electron chi connectivity index (χ0n) is 17.9. The van der Waals surface area contributed by atoms with Gasteiger partial charge in [0.15, 0.2) is 0 Å². The molecule has 0 spiro atoms. The first kappa shape index (κ1) is 20.6. The zero-order valence-corrected chi connectivity index (χ0v) is 17.9. The van der Waals surface area contributed by atoms with Gasteiger partial charge < -0.3 is 9.64 Å². The Labute approximate surface area is 180 Å². The topological polar surface area (TPSA) is 100 Å². The second-order valence-corrected chi connectivity index (χ2v) is 7.89. The van der Waals surface area contributed by atoms with Crippen LogP contribution in [0.3, 0.4) is 0 Å². The van der Waals surface area contributed by atoms with Crippen LogP contribution in [-0.2, 0) is 4.79 Å². The fourth-order valence-electron chi connectivity index (χ4n) is 3.95. The third kappa shape index (κ3) is 3.76. The molecule has 8 nitrogen and oxygen atoms in total. The van der Waals surface area contributed by atoms with Gasteiger partial charge in [0.2, 0.25) is 11.9 Å². The molecule has 0 aliphatic carbocycles. The van der Waals surface area contributed by atoms with E-state index < -0.39 is 12.0 Å². The molecule has 0 unspecified atom stereocenters. The van der Waals surface area contributed by atoms with Gasteiger partial charge in [-0.25, -0.2) is 0 Å². The number of rotatable bonds is 5. The number of H-pyrrole nitrogens is 1. The summed E-state index contributed by atoms with van der Waals surface area (Å²) in [6.07, 6.45) is 0. The summed E-state index contributed by atoms with van der Waals surface area (Å²) in [5.41, 5.74) is 2.04. The van der Waals surface area contributed by atoms with E-state index in [9.17, 15) is 9.59 Å². The molecule has 0 bridgehead atoms. The average Bonchev–Trinajstić information content (AvgIpc) is 3.25. The van der Waals surface area contributed by atoms with E-state index in [0.717, 1.165) is 5.56 Å². The number of methoxy groups -OCH3 is 1. The summed E-state index contributed by atoms with van der Waals surface area (Å²) < 4.78 is 5.26. The molecular formula is C23H25N5O3. The Balaban J connectivity index is 1.76. The van der Waals surface area contributed by atoms with Gasteiger partial charge in [-0.05, 0) is 29.3 Å². The van der Waals surface area contributed by atoms with Crippen molar-refractivity contribution in [3.05, 3.63) is 71.0 Å². The lowest BCUT2D eigenvalue weighted by Crippen LogP contribution is -2.44. The molecule has 2 aromatic carbocycles. The Morgan fingerprint density at radius 1 is 1.16 bits per heavy atom. The number of ether oxygens (including phenoxy) is 1. The van der Waals surface area contributed by atoms with Crippen LogP contribution in [0.2, 0.25) is 0 Å². The SMILES string of the molecule is COc1ccc([C@H]2[C@H](C(=O)Nc3n[nH]c(C(C)C)n3)c3ccccc3C(=O)N2C)cc1. The van der Waals surface area contributed by atoms with Crippen molar-refractivity contribution in [3.8, 4) is 5.75 Å². The number of carbonyl (C=O) groups is 2. The maximum absolute atomic E-state index is 13.5. The van der Waals surface area contributed by atoms with Gasteiger partial charge in [-0.15, -0.1) is 5.10 Å². The highest BCUT2D eigenvalue weighted by atomic mass is 16.5. The summed E-state index contributed by atoms with van der Waals surface area (Å²) >= 11 is 0. The quantitative estimate of drug-likeness (QED) is 0.659. The van der Waals surface area contributed by atoms with Crippen molar-refractivity contribution in [2.45, 2.75) is 31.7 Å². The number of aromatic amines is 1. The Hall–Kier alpha value is -3.68. The monoisotopic (exact) mass is 419 g/mol. The van der Waals surface area contributed by atoms with Crippen LogP contribution in [0.4, 0.5) is 5.95 Å². The van der Waals surface area contributed by atoms with Crippen LogP contribution in [0.25, 0.3) is 0 Å². The highest BCUT2D eigenvalue weighted by Crippen LogP contribution is 2.42. The molecule has 1 aromatic heterocycles. The van der Waals surface area contributed by atoms with Crippen LogP contribution in [0.1, 0.15) is 59.0 Å². The Morgan fingerprint density at radius 2 is 1.87 bits per heavy atom. The Bertz CT molecular complexity index is 1110. The largest absolute Gasteiger partial charge is 0.497 e. The number of hydrogen-bond acceptors (Lipinski definition) is 5. The number of aromatic nitrogens is 3. The van der Waals surface area contributed by atoms with Crippen LogP contribution < -0.4 is 10.1 Å². The van der Waals surface area contributed by atoms with Gasteiger partial charge in [0, 0.05) is 18.5 Å². The van der Waals surface area contributed by atoms with E-state index in [-0.39, 0.29) is 23.7 Å². The van der Waals surface area contributed by atoms with Crippen LogP contribution in [0.15, 0.2) is 48.5 Å². The molecule has 2 heterocycles. The molecule has 31 heavy (non-hydrogen) atoms. The zero-order chi connectivity index (χ0) is 22.1. The number of fused-ring (bicyclic) bond motifs is 1. The third-order valence-corrected chi connectivity index (χ3v) is 5.60. The average molecular weight is 419 g/mol. The summed E-state index contributed by atoms with van der Waals surface area (Å²) in [5.74, 6) is 0.745. The number of anilines is 1. The van der Waals surface area contributed by atoms with Gasteiger partial charge in [0.1, 0.15) is 11.6 Å². The summed E-state index contributed by atoms with van der Waals surface area (Å²) in [6.45, 7) is 3.98. The van der Waals surface area contributed by atoms with Gasteiger partial charge in [-0.2, -0.15) is 4.98 Å². The highest BCUT2D eigenvalue weighted by molar-refractivity contribution is 6.03. The van der Waals surface area contributed by atoms with Crippen LogP contribution in [0, 0.1) is 0 Å². The normalized spacial score (nSPS) is 18.1. The first-order chi connectivity index (χ1) is 14.9. The smallest absolute Gasteiger partial charge is 0.254 e. The maximum Gasteiger partial charge on any atom is 0.254 e. The lowest BCUT2D eigenvalue weighted by atomic mass is 9.79. The fraction of sp³-hybridized carbons (Fsp3) is 0.304. The fourth-order valence-corrected chi connectivity index (χ4v) is 3.95. The third-order valence-electron chi connectivity index (χ3n) is 5.60. The minimum absolute atomic E-state index is 0.125. The van der Waals surface area contributed by atoms with E-state index in [1.54, 1.807) is 31.2 Å². The van der Waals surface area contributed by atoms with Crippen molar-refractivity contribution in [2.75, 3.05) is 19.5 Å². The summed E-state index contributed by atoms with van der Waals surface area (Å²) in [6, 6.07) is 14.2. The van der Waals surface area contributed by atoms with Gasteiger partial charge in [0.05, 0.1) is 19.1 Å². The van der Waals surface area contributed by atoms with E-state index in [4.69, 9.17) is 4.74 Å². The Morgan fingerprint density at radius 3 is 2.52 bits per heavy atom. The first-order valence-corrected chi connectivity index (χ1v) is 10.1. The van der Waals surface area contributed by atoms with E-state index in [1.807, 2.05) is 50.2 Å². The molecule has 2 amide bonds. The molecule has 0 fully saturated rings. The number of benzene rings is 2. The summed E-state index contributed by atoms with van der Waals surface area (Å²) in [7, 11) is 3.32. The van der Waals surface area contributed by atoms with E-state index in [2.05, 4.69) is 20.5 Å². The lowest BCUT2D eigenvalue weighted by Gasteiger charge is -2.39. The molecule has 1 aliphatic rings. The van der Waals surface area contributed by atoms with Crippen LogP contribution in [0.5, 0.6) is 5.75 Å². The minimum Gasteiger partial charge on any atom is -0.497 e. The second-order valence-electron chi connectivity index (χ2n) is 7.89. The lowest BCUT2D eigenvalue weighted by molar-refractivity contribution is -0.119. The molecule has 0 radical (unpaired) electrons. The molecule has 160 valence electrons. The van der Waals surface area contributed by atoms with Crippen LogP contribution in [-0.4, -0.2) is 46.1 Å². The molecule has 4 rings (SSSR count). The molecule has 0 saturated carbocycles. The number of nitrogens with one attached hydrogen (secondary N) is 2. The van der Waals surface area contributed by atoms with Crippen LogP contribution >= 0.6 is 0 Å². The number of carbonyl (C=O) groups excluding carboxylic acids is 2. The number of likely N-dealkylation sites (N-methyl/N-ethyl adjacent to an activating group) is 1. The molecular weight excluding hydrogens is 394 g/mol. The van der Waals surface area contributed by atoms with Crippen molar-refractivity contribution < 1.29 is 14.3 Å². The van der Waals surface area contributed by atoms with Crippen molar-refractivity contribution in [1.29, 1.82) is 0 Å². The molecule has 3 aromatic rings. The Kier molecular flexibility index (Phi) is 5.46. The first-order valence-electron chi connectivity index (χ1n) is 10.1. The van der Waals surface area contributed by atoms with Crippen molar-refractivity contribution in [3.63, 3.8) is 0 Å². The van der Waals surface area contributed by atoms with Gasteiger partial charge >= 0.3 is 0 Å². The number of amides is 2. The van der Waals surface area contributed by atoms with Crippen molar-refractivity contribution in [1.82, 2.24) is 20.1 Å². The summed E-state index contributed by atoms with van der Waals surface area (Å²) in [4.78, 5) is 32.5. The summed E-state index contributed by atoms with van der Waals surface area (Å²) in [5, 5.41) is 9.80. The molecule has 2 atom stereocenters. The predicted octanol–water partition coefficient (Wildman–Crippen LogP) is 3.49. The minimum atomic E-state index is -0.631. The van der Waals surface area contributed by atoms with Gasteiger partial charge in [-0.3, -0.25) is 20.0 Å². The number of hydrogen-bond donors (Lipinski definition) is 2. The standard InChI is InChI=1S/C23H25N5O3/c1-13(2)20-24-23(27-26-20)25-21(29)18-16-7-5-6-8-17(16)22(30)28(3)19(18)14-9-11-15(31-4)12-10-14/h5-13,18-19H,1-4H3,(H2,24,25,26,27,29)/t18-,19+/m1/s1. The molecule has 8 heteroatoms. The van der Waals surface area contributed by atoms with Crippen molar-refractivity contribution in [2.24, 2.45) is 0 Å². The molecule has 0 saturated heterocycles. The van der Waals surface area contributed by atoms with Gasteiger partial charge in [-0.1, -0.05) is 44.2 Å². The maximum atomic E-state index is 13.5. The van der Waals surface area contributed by atoms with E-state index in [0.29, 0.717) is 22.7 Å². The molecule has 1 aliphatic heterocycles. The van der Waals surface area contributed by atoms with Crippen molar-refractivity contribution >= 4 is 17.8 Å². The predicted molar refractivity (Wildman–Crippen MR) is 116 cm³/mol. The van der Waals surface area contributed by atoms with Gasteiger partial charge in [0.25, 0.3) is 5.91 Å². The number of nitrogens with zero attached hydrogens (tertiary/aromatic N) is 3.